The number of hydrogen-bond donors (Lipinski definition) is 0. The summed E-state index contributed by atoms with van der Waals surface area (Å²) in [5.74, 6) is 2.23. The molecule has 0 bridgehead atoms. The van der Waals surface area contributed by atoms with E-state index in [0.29, 0.717) is 17.9 Å². The van der Waals surface area contributed by atoms with Gasteiger partial charge in [-0.15, -0.1) is 0 Å². The predicted octanol–water partition coefficient (Wildman–Crippen LogP) is 13.6. The zero-order valence-corrected chi connectivity index (χ0v) is 33.3. The van der Waals surface area contributed by atoms with Gasteiger partial charge in [0.25, 0.3) is 0 Å². The van der Waals surface area contributed by atoms with Crippen LogP contribution in [-0.4, -0.2) is 4.57 Å². The van der Waals surface area contributed by atoms with Crippen LogP contribution in [0.2, 0.25) is 0 Å². The van der Waals surface area contributed by atoms with Crippen LogP contribution in [-0.2, 0) is 22.9 Å². The number of ether oxygens (including phenoxy) is 2. The summed E-state index contributed by atoms with van der Waals surface area (Å²) in [6.07, 6.45) is 1.84. The van der Waals surface area contributed by atoms with Crippen molar-refractivity contribution in [1.82, 2.24) is 4.57 Å². The highest BCUT2D eigenvalue weighted by atomic mass is 16.5. The zero-order chi connectivity index (χ0) is 39.1. The van der Waals surface area contributed by atoms with E-state index in [1.165, 1.54) is 33.0 Å². The van der Waals surface area contributed by atoms with Crippen molar-refractivity contribution in [1.29, 1.82) is 5.26 Å². The first-order valence-electron chi connectivity index (χ1n) is 19.0. The molecular formula is C51H50N2O2. The quantitative estimate of drug-likeness (QED) is 0.149. The van der Waals surface area contributed by atoms with Gasteiger partial charge in [0.1, 0.15) is 29.9 Å². The molecule has 0 atom stereocenters. The van der Waals surface area contributed by atoms with Crippen LogP contribution in [0.25, 0.3) is 33.6 Å². The SMILES string of the molecule is C=Cc1ccc(COc2ccc(C(C)(C)c3ccc(Oc4ccc(C#N)c(-n5c6ccc(C(C)(C)C)cc6c6cc(C(C)(C)C)ccc65)c4)cc3)cc2)cc1. The van der Waals surface area contributed by atoms with Gasteiger partial charge < -0.3 is 14.0 Å². The van der Waals surface area contributed by atoms with E-state index < -0.39 is 0 Å². The predicted molar refractivity (Wildman–Crippen MR) is 229 cm³/mol. The van der Waals surface area contributed by atoms with Crippen molar-refractivity contribution in [2.24, 2.45) is 0 Å². The molecule has 1 heterocycles. The van der Waals surface area contributed by atoms with Gasteiger partial charge in [-0.1, -0.05) is 129 Å². The number of nitriles is 1. The molecule has 0 saturated heterocycles. The normalized spacial score (nSPS) is 12.1. The third kappa shape index (κ3) is 7.53. The van der Waals surface area contributed by atoms with Crippen LogP contribution in [0.5, 0.6) is 17.2 Å². The second-order valence-corrected chi connectivity index (χ2v) is 17.1. The summed E-state index contributed by atoms with van der Waals surface area (Å²) in [6.45, 7) is 22.3. The highest BCUT2D eigenvalue weighted by Gasteiger charge is 2.24. The molecule has 7 rings (SSSR count). The molecule has 0 N–H and O–H groups in total. The van der Waals surface area contributed by atoms with E-state index in [4.69, 9.17) is 9.47 Å². The van der Waals surface area contributed by atoms with Crippen molar-refractivity contribution in [2.45, 2.75) is 78.2 Å². The molecule has 4 heteroatoms. The van der Waals surface area contributed by atoms with Crippen LogP contribution in [0.15, 0.2) is 134 Å². The van der Waals surface area contributed by atoms with Gasteiger partial charge in [0.05, 0.1) is 22.3 Å². The molecule has 7 aromatic rings. The topological polar surface area (TPSA) is 47.2 Å². The van der Waals surface area contributed by atoms with Crippen molar-refractivity contribution >= 4 is 27.9 Å². The first-order valence-corrected chi connectivity index (χ1v) is 19.0. The Balaban J connectivity index is 1.16. The van der Waals surface area contributed by atoms with E-state index in [1.807, 2.05) is 60.7 Å². The summed E-state index contributed by atoms with van der Waals surface area (Å²) in [4.78, 5) is 0. The van der Waals surface area contributed by atoms with Crippen LogP contribution < -0.4 is 9.47 Å². The Bertz CT molecular complexity index is 2480. The second kappa shape index (κ2) is 14.3. The Kier molecular flexibility index (Phi) is 9.70. The first kappa shape index (κ1) is 37.3. The molecule has 0 radical (unpaired) electrons. The minimum Gasteiger partial charge on any atom is -0.489 e. The summed E-state index contributed by atoms with van der Waals surface area (Å²) in [7, 11) is 0. The number of aromatic nitrogens is 1. The lowest BCUT2D eigenvalue weighted by Gasteiger charge is -2.26. The minimum absolute atomic E-state index is 0.000190. The summed E-state index contributed by atoms with van der Waals surface area (Å²) in [6, 6.07) is 46.5. The van der Waals surface area contributed by atoms with Gasteiger partial charge in [0.15, 0.2) is 0 Å². The van der Waals surface area contributed by atoms with E-state index in [9.17, 15) is 5.26 Å². The molecular weight excluding hydrogens is 673 g/mol. The van der Waals surface area contributed by atoms with E-state index >= 15 is 0 Å². The van der Waals surface area contributed by atoms with Gasteiger partial charge in [-0.25, -0.2) is 0 Å². The Morgan fingerprint density at radius 2 is 1.07 bits per heavy atom. The number of rotatable bonds is 9. The van der Waals surface area contributed by atoms with Crippen molar-refractivity contribution in [2.75, 3.05) is 0 Å². The van der Waals surface area contributed by atoms with Gasteiger partial charge in [-0.3, -0.25) is 0 Å². The van der Waals surface area contributed by atoms with E-state index in [0.717, 1.165) is 39.3 Å². The number of fused-ring (bicyclic) bond motifs is 3. The first-order chi connectivity index (χ1) is 26.1. The molecule has 0 aliphatic rings. The van der Waals surface area contributed by atoms with E-state index in [-0.39, 0.29) is 16.2 Å². The third-order valence-electron chi connectivity index (χ3n) is 10.8. The fourth-order valence-electron chi connectivity index (χ4n) is 7.20. The van der Waals surface area contributed by atoms with Crippen LogP contribution in [0.1, 0.15) is 94.3 Å². The van der Waals surface area contributed by atoms with Crippen LogP contribution in [0.3, 0.4) is 0 Å². The average Bonchev–Trinajstić information content (AvgIpc) is 3.50. The maximum atomic E-state index is 10.3. The number of hydrogen-bond acceptors (Lipinski definition) is 3. The standard InChI is InChI=1S/C51H50N2O2/c1-10-34-11-13-35(14-12-34)33-54-41-23-16-37(17-24-41)51(8,9)38-18-25-42(26-19-38)55-43-22-15-36(32-52)48(31-43)53-46-27-20-39(49(2,3)4)29-44(46)45-30-40(50(5,6)7)21-28-47(45)53/h10-31H,1,33H2,2-9H3. The average molecular weight is 723 g/mol. The van der Waals surface area contributed by atoms with Crippen molar-refractivity contribution in [3.05, 3.63) is 173 Å². The molecule has 0 unspecified atom stereocenters. The van der Waals surface area contributed by atoms with Crippen molar-refractivity contribution < 1.29 is 9.47 Å². The zero-order valence-electron chi connectivity index (χ0n) is 33.3. The Hall–Kier alpha value is -6.05. The van der Waals surface area contributed by atoms with Crippen LogP contribution in [0, 0.1) is 11.3 Å². The van der Waals surface area contributed by atoms with E-state index in [2.05, 4.69) is 145 Å². The van der Waals surface area contributed by atoms with Gasteiger partial charge in [-0.2, -0.15) is 5.26 Å². The molecule has 0 spiro atoms. The van der Waals surface area contributed by atoms with Crippen LogP contribution >= 0.6 is 0 Å². The maximum absolute atomic E-state index is 10.3. The molecule has 6 aromatic carbocycles. The number of benzene rings is 6. The molecule has 0 saturated carbocycles. The van der Waals surface area contributed by atoms with Crippen molar-refractivity contribution in [3.63, 3.8) is 0 Å². The Morgan fingerprint density at radius 1 is 0.582 bits per heavy atom. The third-order valence-corrected chi connectivity index (χ3v) is 10.8. The summed E-state index contributed by atoms with van der Waals surface area (Å²) >= 11 is 0. The Labute approximate surface area is 326 Å². The molecule has 0 amide bonds. The Morgan fingerprint density at radius 3 is 1.56 bits per heavy atom. The van der Waals surface area contributed by atoms with Crippen molar-refractivity contribution in [3.8, 4) is 29.0 Å². The summed E-state index contributed by atoms with van der Waals surface area (Å²) < 4.78 is 14.8. The summed E-state index contributed by atoms with van der Waals surface area (Å²) in [5, 5.41) is 12.7. The second-order valence-electron chi connectivity index (χ2n) is 17.1. The fraction of sp³-hybridized carbons (Fsp3) is 0.235. The minimum atomic E-state index is -0.241. The van der Waals surface area contributed by atoms with Gasteiger partial charge in [0.2, 0.25) is 0 Å². The van der Waals surface area contributed by atoms with Gasteiger partial charge in [-0.05, 0) is 105 Å². The summed E-state index contributed by atoms with van der Waals surface area (Å²) in [5.41, 5.74) is 10.4. The lowest BCUT2D eigenvalue weighted by Crippen LogP contribution is -2.18. The lowest BCUT2D eigenvalue weighted by atomic mass is 9.78. The lowest BCUT2D eigenvalue weighted by molar-refractivity contribution is 0.306. The monoisotopic (exact) mass is 722 g/mol. The largest absolute Gasteiger partial charge is 0.489 e. The van der Waals surface area contributed by atoms with Gasteiger partial charge >= 0.3 is 0 Å². The molecule has 276 valence electrons. The highest BCUT2D eigenvalue weighted by Crippen LogP contribution is 2.40. The smallest absolute Gasteiger partial charge is 0.129 e. The van der Waals surface area contributed by atoms with E-state index in [1.54, 1.807) is 0 Å². The number of nitrogens with zero attached hydrogens (tertiary/aromatic N) is 2. The molecule has 55 heavy (non-hydrogen) atoms. The van der Waals surface area contributed by atoms with Crippen LogP contribution in [0.4, 0.5) is 0 Å². The molecule has 4 nitrogen and oxygen atoms in total. The fourth-order valence-corrected chi connectivity index (χ4v) is 7.20. The molecule has 1 aromatic heterocycles. The maximum Gasteiger partial charge on any atom is 0.129 e. The molecule has 0 fully saturated rings. The van der Waals surface area contributed by atoms with Gasteiger partial charge in [0, 0.05) is 22.3 Å². The highest BCUT2D eigenvalue weighted by molar-refractivity contribution is 6.10. The molecule has 0 aliphatic carbocycles. The molecule has 0 aliphatic heterocycles.